The van der Waals surface area contributed by atoms with Crippen molar-refractivity contribution in [3.63, 3.8) is 0 Å². The van der Waals surface area contributed by atoms with Crippen molar-refractivity contribution in [3.05, 3.63) is 65.7 Å². The van der Waals surface area contributed by atoms with Crippen LogP contribution in [0.5, 0.6) is 5.75 Å². The predicted molar refractivity (Wildman–Crippen MR) is 74.4 cm³/mol. The van der Waals surface area contributed by atoms with Crippen molar-refractivity contribution in [2.45, 2.75) is 26.0 Å². The third-order valence-electron chi connectivity index (χ3n) is 2.97. The van der Waals surface area contributed by atoms with E-state index in [4.69, 9.17) is 10.5 Å². The van der Waals surface area contributed by atoms with Crippen LogP contribution in [0.1, 0.15) is 30.5 Å². The van der Waals surface area contributed by atoms with Crippen LogP contribution in [0.25, 0.3) is 0 Å². The molecule has 0 bridgehead atoms. The first-order chi connectivity index (χ1) is 8.79. The Hall–Kier alpha value is -1.80. The third kappa shape index (κ3) is 3.34. The molecule has 0 fully saturated rings. The summed E-state index contributed by atoms with van der Waals surface area (Å²) in [7, 11) is 0. The van der Waals surface area contributed by atoms with Gasteiger partial charge in [-0.1, -0.05) is 49.4 Å². The second kappa shape index (κ2) is 6.22. The van der Waals surface area contributed by atoms with Crippen LogP contribution in [0, 0.1) is 0 Å². The summed E-state index contributed by atoms with van der Waals surface area (Å²) in [5, 5.41) is 0. The monoisotopic (exact) mass is 241 g/mol. The Morgan fingerprint density at radius 3 is 2.56 bits per heavy atom. The molecule has 2 nitrogen and oxygen atoms in total. The highest BCUT2D eigenvalue weighted by molar-refractivity contribution is 5.30. The van der Waals surface area contributed by atoms with Crippen LogP contribution >= 0.6 is 0 Å². The SMILES string of the molecule is CC[C@H](N)c1cccc(OCc2ccccc2)c1. The van der Waals surface area contributed by atoms with E-state index in [0.717, 1.165) is 17.7 Å². The first kappa shape index (κ1) is 12.7. The second-order valence-corrected chi connectivity index (χ2v) is 4.36. The summed E-state index contributed by atoms with van der Waals surface area (Å²) in [5.74, 6) is 0.875. The van der Waals surface area contributed by atoms with E-state index in [0.29, 0.717) is 6.61 Å². The molecule has 0 aliphatic carbocycles. The van der Waals surface area contributed by atoms with E-state index in [2.05, 4.69) is 19.1 Å². The average Bonchev–Trinajstić information content (AvgIpc) is 2.45. The molecule has 2 rings (SSSR count). The summed E-state index contributed by atoms with van der Waals surface area (Å²) >= 11 is 0. The Bertz CT molecular complexity index is 481. The van der Waals surface area contributed by atoms with E-state index in [1.165, 1.54) is 5.56 Å². The van der Waals surface area contributed by atoms with E-state index in [1.54, 1.807) is 0 Å². The van der Waals surface area contributed by atoms with Gasteiger partial charge in [-0.05, 0) is 29.7 Å². The summed E-state index contributed by atoms with van der Waals surface area (Å²) in [6.45, 7) is 2.67. The third-order valence-corrected chi connectivity index (χ3v) is 2.97. The fourth-order valence-corrected chi connectivity index (χ4v) is 1.81. The molecule has 1 atom stereocenters. The summed E-state index contributed by atoms with van der Waals surface area (Å²) in [5.41, 5.74) is 8.31. The minimum absolute atomic E-state index is 0.0882. The summed E-state index contributed by atoms with van der Waals surface area (Å²) in [6, 6.07) is 18.3. The topological polar surface area (TPSA) is 35.2 Å². The van der Waals surface area contributed by atoms with Crippen LogP contribution in [0.15, 0.2) is 54.6 Å². The highest BCUT2D eigenvalue weighted by Gasteiger charge is 2.04. The van der Waals surface area contributed by atoms with Gasteiger partial charge in [0.25, 0.3) is 0 Å². The molecule has 0 spiro atoms. The maximum Gasteiger partial charge on any atom is 0.120 e. The lowest BCUT2D eigenvalue weighted by Gasteiger charge is -2.12. The van der Waals surface area contributed by atoms with Gasteiger partial charge in [-0.3, -0.25) is 0 Å². The van der Waals surface area contributed by atoms with Gasteiger partial charge in [-0.2, -0.15) is 0 Å². The van der Waals surface area contributed by atoms with Crippen LogP contribution < -0.4 is 10.5 Å². The summed E-state index contributed by atoms with van der Waals surface area (Å²) in [4.78, 5) is 0. The minimum Gasteiger partial charge on any atom is -0.489 e. The maximum absolute atomic E-state index is 6.01. The number of hydrogen-bond acceptors (Lipinski definition) is 2. The molecule has 2 aromatic rings. The molecule has 0 saturated carbocycles. The number of benzene rings is 2. The highest BCUT2D eigenvalue weighted by Crippen LogP contribution is 2.20. The molecule has 0 aliphatic heterocycles. The summed E-state index contributed by atoms with van der Waals surface area (Å²) < 4.78 is 5.77. The molecular weight excluding hydrogens is 222 g/mol. The molecular formula is C16H19NO. The van der Waals surface area contributed by atoms with Crippen LogP contribution in [-0.4, -0.2) is 0 Å². The zero-order valence-corrected chi connectivity index (χ0v) is 10.7. The van der Waals surface area contributed by atoms with Crippen molar-refractivity contribution in [2.75, 3.05) is 0 Å². The van der Waals surface area contributed by atoms with E-state index in [-0.39, 0.29) is 6.04 Å². The van der Waals surface area contributed by atoms with Gasteiger partial charge < -0.3 is 10.5 Å². The lowest BCUT2D eigenvalue weighted by Crippen LogP contribution is -2.08. The Morgan fingerprint density at radius 1 is 1.06 bits per heavy atom. The molecule has 94 valence electrons. The second-order valence-electron chi connectivity index (χ2n) is 4.36. The highest BCUT2D eigenvalue weighted by atomic mass is 16.5. The smallest absolute Gasteiger partial charge is 0.120 e. The van der Waals surface area contributed by atoms with E-state index in [9.17, 15) is 0 Å². The number of hydrogen-bond donors (Lipinski definition) is 1. The quantitative estimate of drug-likeness (QED) is 0.866. The molecule has 0 unspecified atom stereocenters. The Morgan fingerprint density at radius 2 is 1.83 bits per heavy atom. The van der Waals surface area contributed by atoms with Crippen molar-refractivity contribution in [1.82, 2.24) is 0 Å². The van der Waals surface area contributed by atoms with Gasteiger partial charge in [-0.25, -0.2) is 0 Å². The van der Waals surface area contributed by atoms with Crippen LogP contribution in [0.2, 0.25) is 0 Å². The molecule has 18 heavy (non-hydrogen) atoms. The van der Waals surface area contributed by atoms with Gasteiger partial charge in [0.05, 0.1) is 0 Å². The average molecular weight is 241 g/mol. The first-order valence-corrected chi connectivity index (χ1v) is 6.32. The van der Waals surface area contributed by atoms with Crippen LogP contribution in [0.3, 0.4) is 0 Å². The molecule has 0 heterocycles. The molecule has 2 N–H and O–H groups in total. The van der Waals surface area contributed by atoms with Crippen LogP contribution in [0.4, 0.5) is 0 Å². The molecule has 0 saturated heterocycles. The van der Waals surface area contributed by atoms with Gasteiger partial charge in [0, 0.05) is 6.04 Å². The van der Waals surface area contributed by atoms with Crippen molar-refractivity contribution in [1.29, 1.82) is 0 Å². The van der Waals surface area contributed by atoms with Gasteiger partial charge in [0.2, 0.25) is 0 Å². The molecule has 0 aromatic heterocycles. The number of nitrogens with two attached hydrogens (primary N) is 1. The molecule has 2 aromatic carbocycles. The zero-order valence-electron chi connectivity index (χ0n) is 10.7. The van der Waals surface area contributed by atoms with Gasteiger partial charge >= 0.3 is 0 Å². The van der Waals surface area contributed by atoms with Crippen molar-refractivity contribution < 1.29 is 4.74 Å². The molecule has 2 heteroatoms. The van der Waals surface area contributed by atoms with E-state index >= 15 is 0 Å². The number of ether oxygens (including phenoxy) is 1. The first-order valence-electron chi connectivity index (χ1n) is 6.32. The zero-order chi connectivity index (χ0) is 12.8. The molecule has 0 radical (unpaired) electrons. The fraction of sp³-hybridized carbons (Fsp3) is 0.250. The van der Waals surface area contributed by atoms with Crippen molar-refractivity contribution in [3.8, 4) is 5.75 Å². The van der Waals surface area contributed by atoms with E-state index < -0.39 is 0 Å². The van der Waals surface area contributed by atoms with Gasteiger partial charge in [0.1, 0.15) is 12.4 Å². The minimum atomic E-state index is 0.0882. The Balaban J connectivity index is 2.01. The molecule has 0 aliphatic rings. The largest absolute Gasteiger partial charge is 0.489 e. The lowest BCUT2D eigenvalue weighted by molar-refractivity contribution is 0.305. The maximum atomic E-state index is 6.01. The lowest BCUT2D eigenvalue weighted by atomic mass is 10.1. The fourth-order valence-electron chi connectivity index (χ4n) is 1.81. The van der Waals surface area contributed by atoms with Crippen LogP contribution in [-0.2, 0) is 6.61 Å². The Labute approximate surface area is 108 Å². The van der Waals surface area contributed by atoms with Gasteiger partial charge in [0.15, 0.2) is 0 Å². The van der Waals surface area contributed by atoms with Crippen molar-refractivity contribution >= 4 is 0 Å². The van der Waals surface area contributed by atoms with E-state index in [1.807, 2.05) is 42.5 Å². The standard InChI is InChI=1S/C16H19NO/c1-2-16(17)14-9-6-10-15(11-14)18-12-13-7-4-3-5-8-13/h3-11,16H,2,12,17H2,1H3/t16-/m0/s1. The molecule has 0 amide bonds. The normalized spacial score (nSPS) is 12.1. The Kier molecular flexibility index (Phi) is 4.37. The predicted octanol–water partition coefficient (Wildman–Crippen LogP) is 3.68. The summed E-state index contributed by atoms with van der Waals surface area (Å²) in [6.07, 6.45) is 0.933. The van der Waals surface area contributed by atoms with Gasteiger partial charge in [-0.15, -0.1) is 0 Å². The number of rotatable bonds is 5. The van der Waals surface area contributed by atoms with Crippen molar-refractivity contribution in [2.24, 2.45) is 5.73 Å².